The van der Waals surface area contributed by atoms with Gasteiger partial charge in [-0.3, -0.25) is 20.4 Å². The fourth-order valence-electron chi connectivity index (χ4n) is 1.36. The van der Waals surface area contributed by atoms with Gasteiger partial charge in [-0.15, -0.1) is 0 Å². The summed E-state index contributed by atoms with van der Waals surface area (Å²) in [5.74, 6) is 0.169. The standard InChI is InChI=1S/C10H10N4O2/c1-6(15)11-12-9-7-4-2-3-5-8(7)10(16)14-13-9/h2-5H,1H3,(H,11,15)(H,12,13)(H,14,16). The first-order chi connectivity index (χ1) is 7.68. The smallest absolute Gasteiger partial charge is 0.272 e. The topological polar surface area (TPSA) is 86.9 Å². The van der Waals surface area contributed by atoms with E-state index in [1.165, 1.54) is 6.92 Å². The maximum absolute atomic E-state index is 11.4. The quantitative estimate of drug-likeness (QED) is 0.636. The Morgan fingerprint density at radius 1 is 1.31 bits per heavy atom. The molecule has 0 aliphatic heterocycles. The SMILES string of the molecule is CC(=O)NNc1n[nH]c(=O)c2ccccc12. The molecule has 1 aromatic heterocycles. The molecule has 2 rings (SSSR count). The minimum atomic E-state index is -0.260. The van der Waals surface area contributed by atoms with Gasteiger partial charge in [-0.25, -0.2) is 5.10 Å². The van der Waals surface area contributed by atoms with E-state index in [2.05, 4.69) is 21.0 Å². The highest BCUT2D eigenvalue weighted by molar-refractivity contribution is 5.91. The number of amides is 1. The summed E-state index contributed by atoms with van der Waals surface area (Å²) in [7, 11) is 0. The van der Waals surface area contributed by atoms with Crippen LogP contribution in [0.2, 0.25) is 0 Å². The van der Waals surface area contributed by atoms with Gasteiger partial charge in [0, 0.05) is 12.3 Å². The molecular weight excluding hydrogens is 208 g/mol. The highest BCUT2D eigenvalue weighted by Crippen LogP contribution is 2.15. The summed E-state index contributed by atoms with van der Waals surface area (Å²) < 4.78 is 0. The van der Waals surface area contributed by atoms with E-state index in [1.54, 1.807) is 24.3 Å². The molecule has 1 amide bonds. The molecule has 1 heterocycles. The van der Waals surface area contributed by atoms with Crippen molar-refractivity contribution in [3.8, 4) is 0 Å². The van der Waals surface area contributed by atoms with Crippen molar-refractivity contribution in [2.75, 3.05) is 5.43 Å². The fourth-order valence-corrected chi connectivity index (χ4v) is 1.36. The number of carbonyl (C=O) groups excluding carboxylic acids is 1. The van der Waals surface area contributed by atoms with Gasteiger partial charge in [0.05, 0.1) is 5.39 Å². The van der Waals surface area contributed by atoms with Crippen molar-refractivity contribution in [3.05, 3.63) is 34.6 Å². The van der Waals surface area contributed by atoms with Gasteiger partial charge in [0.25, 0.3) is 5.56 Å². The largest absolute Gasteiger partial charge is 0.280 e. The van der Waals surface area contributed by atoms with Crippen LogP contribution < -0.4 is 16.4 Å². The number of fused-ring (bicyclic) bond motifs is 1. The van der Waals surface area contributed by atoms with E-state index >= 15 is 0 Å². The van der Waals surface area contributed by atoms with Crippen LogP contribution in [0.4, 0.5) is 5.82 Å². The molecule has 0 spiro atoms. The van der Waals surface area contributed by atoms with Crippen LogP contribution >= 0.6 is 0 Å². The van der Waals surface area contributed by atoms with Gasteiger partial charge in [-0.05, 0) is 6.07 Å². The lowest BCUT2D eigenvalue weighted by atomic mass is 10.2. The number of H-pyrrole nitrogens is 1. The first-order valence-corrected chi connectivity index (χ1v) is 4.68. The first kappa shape index (κ1) is 10.2. The number of aromatic nitrogens is 2. The number of hydrogen-bond donors (Lipinski definition) is 3. The molecule has 3 N–H and O–H groups in total. The van der Waals surface area contributed by atoms with Crippen molar-refractivity contribution >= 4 is 22.5 Å². The second-order valence-electron chi connectivity index (χ2n) is 3.25. The molecule has 82 valence electrons. The molecule has 0 saturated heterocycles. The first-order valence-electron chi connectivity index (χ1n) is 4.68. The molecule has 1 aromatic carbocycles. The van der Waals surface area contributed by atoms with Gasteiger partial charge in [0.1, 0.15) is 0 Å². The van der Waals surface area contributed by atoms with Crippen LogP contribution in [0.15, 0.2) is 29.1 Å². The van der Waals surface area contributed by atoms with Crippen molar-refractivity contribution in [1.82, 2.24) is 15.6 Å². The van der Waals surface area contributed by atoms with Gasteiger partial charge in [-0.1, -0.05) is 18.2 Å². The summed E-state index contributed by atoms with van der Waals surface area (Å²) in [4.78, 5) is 22.2. The third kappa shape index (κ3) is 1.85. The molecule has 0 atom stereocenters. The maximum atomic E-state index is 11.4. The Morgan fingerprint density at radius 3 is 2.69 bits per heavy atom. The van der Waals surface area contributed by atoms with Gasteiger partial charge in [0.2, 0.25) is 5.91 Å². The molecule has 16 heavy (non-hydrogen) atoms. The Bertz CT molecular complexity index is 591. The van der Waals surface area contributed by atoms with Crippen LogP contribution in [-0.2, 0) is 4.79 Å². The van der Waals surface area contributed by atoms with E-state index in [1.807, 2.05) is 0 Å². The van der Waals surface area contributed by atoms with E-state index in [0.717, 1.165) is 0 Å². The Balaban J connectivity index is 2.50. The number of nitrogens with zero attached hydrogens (tertiary/aromatic N) is 1. The number of hydrazine groups is 1. The van der Waals surface area contributed by atoms with Crippen molar-refractivity contribution < 1.29 is 4.79 Å². The Labute approximate surface area is 90.6 Å². The summed E-state index contributed by atoms with van der Waals surface area (Å²) in [5, 5.41) is 7.33. The molecule has 0 bridgehead atoms. The number of nitrogens with one attached hydrogen (secondary N) is 3. The van der Waals surface area contributed by atoms with Crippen molar-refractivity contribution in [3.63, 3.8) is 0 Å². The number of hydrogen-bond acceptors (Lipinski definition) is 4. The molecule has 0 aliphatic carbocycles. The van der Waals surface area contributed by atoms with Crippen molar-refractivity contribution in [2.24, 2.45) is 0 Å². The molecule has 6 nitrogen and oxygen atoms in total. The van der Waals surface area contributed by atoms with Crippen LogP contribution in [-0.4, -0.2) is 16.1 Å². The zero-order chi connectivity index (χ0) is 11.5. The lowest BCUT2D eigenvalue weighted by molar-refractivity contribution is -0.118. The summed E-state index contributed by atoms with van der Waals surface area (Å²) in [6.45, 7) is 1.38. The average Bonchev–Trinajstić information content (AvgIpc) is 2.28. The fraction of sp³-hybridized carbons (Fsp3) is 0.100. The third-order valence-corrected chi connectivity index (χ3v) is 2.05. The van der Waals surface area contributed by atoms with Crippen molar-refractivity contribution in [1.29, 1.82) is 0 Å². The van der Waals surface area contributed by atoms with Crippen molar-refractivity contribution in [2.45, 2.75) is 6.92 Å². The highest BCUT2D eigenvalue weighted by Gasteiger charge is 2.04. The molecule has 6 heteroatoms. The molecule has 0 aliphatic rings. The number of carbonyl (C=O) groups is 1. The van der Waals surface area contributed by atoms with Gasteiger partial charge < -0.3 is 0 Å². The zero-order valence-corrected chi connectivity index (χ0v) is 8.57. The van der Waals surface area contributed by atoms with Crippen LogP contribution in [0.5, 0.6) is 0 Å². The minimum absolute atomic E-state index is 0.239. The Morgan fingerprint density at radius 2 is 2.00 bits per heavy atom. The molecule has 0 radical (unpaired) electrons. The zero-order valence-electron chi connectivity index (χ0n) is 8.57. The predicted octanol–water partition coefficient (Wildman–Crippen LogP) is 0.386. The molecule has 0 unspecified atom stereocenters. The van der Waals surface area contributed by atoms with E-state index in [0.29, 0.717) is 16.6 Å². The highest BCUT2D eigenvalue weighted by atomic mass is 16.2. The van der Waals surface area contributed by atoms with E-state index < -0.39 is 0 Å². The Hall–Kier alpha value is -2.37. The Kier molecular flexibility index (Phi) is 2.55. The van der Waals surface area contributed by atoms with Gasteiger partial charge >= 0.3 is 0 Å². The third-order valence-electron chi connectivity index (χ3n) is 2.05. The van der Waals surface area contributed by atoms with Crippen LogP contribution in [0.3, 0.4) is 0 Å². The minimum Gasteiger partial charge on any atom is -0.280 e. The number of benzene rings is 1. The molecule has 0 fully saturated rings. The van der Waals surface area contributed by atoms with Gasteiger partial charge in [-0.2, -0.15) is 5.10 Å². The molecule has 0 saturated carbocycles. The molecule has 2 aromatic rings. The number of aromatic amines is 1. The number of anilines is 1. The lowest BCUT2D eigenvalue weighted by Gasteiger charge is -2.07. The predicted molar refractivity (Wildman–Crippen MR) is 59.8 cm³/mol. The summed E-state index contributed by atoms with van der Waals surface area (Å²) in [6.07, 6.45) is 0. The summed E-state index contributed by atoms with van der Waals surface area (Å²) in [6, 6.07) is 7.00. The van der Waals surface area contributed by atoms with Crippen LogP contribution in [0, 0.1) is 0 Å². The van der Waals surface area contributed by atoms with Crippen LogP contribution in [0.1, 0.15) is 6.92 Å². The summed E-state index contributed by atoms with van der Waals surface area (Å²) >= 11 is 0. The maximum Gasteiger partial charge on any atom is 0.272 e. The number of rotatable bonds is 2. The van der Waals surface area contributed by atoms with Gasteiger partial charge in [0.15, 0.2) is 5.82 Å². The average molecular weight is 218 g/mol. The molecular formula is C10H10N4O2. The van der Waals surface area contributed by atoms with E-state index in [9.17, 15) is 9.59 Å². The normalized spacial score (nSPS) is 10.1. The van der Waals surface area contributed by atoms with E-state index in [4.69, 9.17) is 0 Å². The second-order valence-corrected chi connectivity index (χ2v) is 3.25. The monoisotopic (exact) mass is 218 g/mol. The van der Waals surface area contributed by atoms with Crippen LogP contribution in [0.25, 0.3) is 10.8 Å². The van der Waals surface area contributed by atoms with E-state index in [-0.39, 0.29) is 11.5 Å². The second kappa shape index (κ2) is 4.01. The summed E-state index contributed by atoms with van der Waals surface area (Å²) in [5.41, 5.74) is 4.77. The lowest BCUT2D eigenvalue weighted by Crippen LogP contribution is -2.28.